The lowest BCUT2D eigenvalue weighted by atomic mass is 9.80. The van der Waals surface area contributed by atoms with Crippen LogP contribution in [0.4, 0.5) is 5.69 Å². The minimum absolute atomic E-state index is 0.403. The van der Waals surface area contributed by atoms with Gasteiger partial charge in [-0.25, -0.2) is 0 Å². The van der Waals surface area contributed by atoms with E-state index < -0.39 is 0 Å². The van der Waals surface area contributed by atoms with Crippen LogP contribution in [0.2, 0.25) is 0 Å². The van der Waals surface area contributed by atoms with Crippen LogP contribution in [-0.4, -0.2) is 19.1 Å². The van der Waals surface area contributed by atoms with Gasteiger partial charge in [0, 0.05) is 35.8 Å². The predicted molar refractivity (Wildman–Crippen MR) is 95.9 cm³/mol. The van der Waals surface area contributed by atoms with Crippen molar-refractivity contribution in [1.82, 2.24) is 5.32 Å². The van der Waals surface area contributed by atoms with Crippen molar-refractivity contribution in [2.75, 3.05) is 18.0 Å². The summed E-state index contributed by atoms with van der Waals surface area (Å²) in [5.41, 5.74) is 3.20. The van der Waals surface area contributed by atoms with Gasteiger partial charge < -0.3 is 10.2 Å². The second-order valence-electron chi connectivity index (χ2n) is 7.61. The average molecular weight is 353 g/mol. The van der Waals surface area contributed by atoms with Gasteiger partial charge in [0.1, 0.15) is 0 Å². The normalized spacial score (nSPS) is 19.6. The van der Waals surface area contributed by atoms with E-state index in [0.29, 0.717) is 11.5 Å². The maximum absolute atomic E-state index is 3.61. The molecular weight excluding hydrogens is 324 g/mol. The summed E-state index contributed by atoms with van der Waals surface area (Å²) in [6.45, 7) is 14.8. The van der Waals surface area contributed by atoms with Crippen LogP contribution in [0.25, 0.3) is 0 Å². The lowest BCUT2D eigenvalue weighted by molar-refractivity contribution is 0.263. The lowest BCUT2D eigenvalue weighted by Crippen LogP contribution is -2.28. The molecule has 2 rings (SSSR count). The zero-order valence-electron chi connectivity index (χ0n) is 14.0. The summed E-state index contributed by atoms with van der Waals surface area (Å²) >= 11 is 3.61. The molecule has 1 unspecified atom stereocenters. The molecule has 1 saturated heterocycles. The summed E-state index contributed by atoms with van der Waals surface area (Å²) in [5.74, 6) is 0.784. The molecule has 3 heteroatoms. The quantitative estimate of drug-likeness (QED) is 0.835. The molecular formula is C18H29BrN2. The summed E-state index contributed by atoms with van der Waals surface area (Å²) < 4.78 is 1.17. The first-order chi connectivity index (χ1) is 9.77. The smallest absolute Gasteiger partial charge is 0.0412 e. The molecule has 0 saturated carbocycles. The Morgan fingerprint density at radius 1 is 1.33 bits per heavy atom. The van der Waals surface area contributed by atoms with Gasteiger partial charge in [-0.1, -0.05) is 50.5 Å². The van der Waals surface area contributed by atoms with Crippen molar-refractivity contribution in [3.8, 4) is 0 Å². The van der Waals surface area contributed by atoms with Crippen LogP contribution >= 0.6 is 15.9 Å². The fourth-order valence-electron chi connectivity index (χ4n) is 3.00. The Labute approximate surface area is 138 Å². The van der Waals surface area contributed by atoms with Gasteiger partial charge in [-0.2, -0.15) is 0 Å². The fraction of sp³-hybridized carbons (Fsp3) is 0.667. The summed E-state index contributed by atoms with van der Waals surface area (Å²) in [6.07, 6.45) is 1.30. The molecule has 1 heterocycles. The van der Waals surface area contributed by atoms with Crippen LogP contribution in [0.5, 0.6) is 0 Å². The predicted octanol–water partition coefficient (Wildman–Crippen LogP) is 4.82. The number of anilines is 1. The number of halogens is 1. The van der Waals surface area contributed by atoms with Crippen LogP contribution < -0.4 is 10.2 Å². The maximum Gasteiger partial charge on any atom is 0.0412 e. The van der Waals surface area contributed by atoms with Crippen LogP contribution in [-0.2, 0) is 6.54 Å². The van der Waals surface area contributed by atoms with E-state index in [1.54, 1.807) is 0 Å². The van der Waals surface area contributed by atoms with Gasteiger partial charge in [0.25, 0.3) is 0 Å². The highest BCUT2D eigenvalue weighted by Gasteiger charge is 2.32. The van der Waals surface area contributed by atoms with E-state index in [9.17, 15) is 0 Å². The molecule has 1 aromatic rings. The summed E-state index contributed by atoms with van der Waals surface area (Å²) in [5, 5.41) is 3.55. The zero-order valence-corrected chi connectivity index (χ0v) is 15.6. The molecule has 1 aliphatic rings. The van der Waals surface area contributed by atoms with Crippen LogP contribution in [0.1, 0.15) is 46.6 Å². The number of rotatable bonds is 4. The molecule has 1 atom stereocenters. The first-order valence-corrected chi connectivity index (χ1v) is 8.83. The standard InChI is InChI=1S/C18H29BrN2/c1-13(2)20-11-14-10-16(19)6-7-17(14)21-9-8-15(12-21)18(3,4)5/h6-7,10,13,15,20H,8-9,11-12H2,1-5H3. The largest absolute Gasteiger partial charge is 0.371 e. The van der Waals surface area contributed by atoms with Crippen molar-refractivity contribution in [2.45, 2.75) is 53.6 Å². The molecule has 118 valence electrons. The van der Waals surface area contributed by atoms with Crippen molar-refractivity contribution in [3.63, 3.8) is 0 Å². The molecule has 1 aromatic carbocycles. The highest BCUT2D eigenvalue weighted by molar-refractivity contribution is 9.10. The molecule has 0 aliphatic carbocycles. The number of nitrogens with zero attached hydrogens (tertiary/aromatic N) is 1. The Bertz CT molecular complexity index is 477. The van der Waals surface area contributed by atoms with Gasteiger partial charge in [0.2, 0.25) is 0 Å². The highest BCUT2D eigenvalue weighted by atomic mass is 79.9. The average Bonchev–Trinajstić information content (AvgIpc) is 2.85. The monoisotopic (exact) mass is 352 g/mol. The van der Waals surface area contributed by atoms with Crippen molar-refractivity contribution in [2.24, 2.45) is 11.3 Å². The lowest BCUT2D eigenvalue weighted by Gasteiger charge is -2.28. The second-order valence-corrected chi connectivity index (χ2v) is 8.52. The first-order valence-electron chi connectivity index (χ1n) is 8.04. The Kier molecular flexibility index (Phi) is 5.37. The van der Waals surface area contributed by atoms with Crippen LogP contribution in [0.15, 0.2) is 22.7 Å². The van der Waals surface area contributed by atoms with E-state index in [1.807, 2.05) is 0 Å². The molecule has 0 spiro atoms. The second kappa shape index (κ2) is 6.70. The van der Waals surface area contributed by atoms with Gasteiger partial charge >= 0.3 is 0 Å². The van der Waals surface area contributed by atoms with E-state index in [4.69, 9.17) is 0 Å². The third kappa shape index (κ3) is 4.46. The third-order valence-electron chi connectivity index (χ3n) is 4.50. The van der Waals surface area contributed by atoms with E-state index in [0.717, 1.165) is 12.5 Å². The van der Waals surface area contributed by atoms with E-state index in [-0.39, 0.29) is 0 Å². The molecule has 1 N–H and O–H groups in total. The first kappa shape index (κ1) is 16.8. The van der Waals surface area contributed by atoms with Gasteiger partial charge in [-0.05, 0) is 41.5 Å². The van der Waals surface area contributed by atoms with Crippen LogP contribution in [0, 0.1) is 11.3 Å². The molecule has 0 radical (unpaired) electrons. The summed E-state index contributed by atoms with van der Waals surface area (Å²) in [7, 11) is 0. The minimum Gasteiger partial charge on any atom is -0.371 e. The zero-order chi connectivity index (χ0) is 15.6. The van der Waals surface area contributed by atoms with Crippen molar-refractivity contribution < 1.29 is 0 Å². The molecule has 1 aliphatic heterocycles. The van der Waals surface area contributed by atoms with Gasteiger partial charge in [-0.3, -0.25) is 0 Å². The Morgan fingerprint density at radius 2 is 2.05 bits per heavy atom. The molecule has 0 amide bonds. The van der Waals surface area contributed by atoms with E-state index in [1.165, 1.54) is 35.2 Å². The van der Waals surface area contributed by atoms with Crippen LogP contribution in [0.3, 0.4) is 0 Å². The maximum atomic E-state index is 3.61. The Morgan fingerprint density at radius 3 is 2.62 bits per heavy atom. The SMILES string of the molecule is CC(C)NCc1cc(Br)ccc1N1CCC(C(C)(C)C)C1. The summed E-state index contributed by atoms with van der Waals surface area (Å²) in [6, 6.07) is 7.21. The van der Waals surface area contributed by atoms with Crippen molar-refractivity contribution in [3.05, 3.63) is 28.2 Å². The Balaban J connectivity index is 2.16. The number of benzene rings is 1. The number of nitrogens with one attached hydrogen (secondary N) is 1. The van der Waals surface area contributed by atoms with Gasteiger partial charge in [0.05, 0.1) is 0 Å². The summed E-state index contributed by atoms with van der Waals surface area (Å²) in [4.78, 5) is 2.57. The fourth-order valence-corrected chi connectivity index (χ4v) is 3.41. The molecule has 0 aromatic heterocycles. The van der Waals surface area contributed by atoms with E-state index in [2.05, 4.69) is 79.0 Å². The molecule has 1 fully saturated rings. The van der Waals surface area contributed by atoms with Gasteiger partial charge in [0.15, 0.2) is 0 Å². The number of hydrogen-bond donors (Lipinski definition) is 1. The number of hydrogen-bond acceptors (Lipinski definition) is 2. The van der Waals surface area contributed by atoms with Crippen molar-refractivity contribution >= 4 is 21.6 Å². The third-order valence-corrected chi connectivity index (χ3v) is 4.99. The topological polar surface area (TPSA) is 15.3 Å². The van der Waals surface area contributed by atoms with Gasteiger partial charge in [-0.15, -0.1) is 0 Å². The highest BCUT2D eigenvalue weighted by Crippen LogP contribution is 2.37. The minimum atomic E-state index is 0.403. The van der Waals surface area contributed by atoms with Crippen molar-refractivity contribution in [1.29, 1.82) is 0 Å². The Hall–Kier alpha value is -0.540. The molecule has 0 bridgehead atoms. The molecule has 2 nitrogen and oxygen atoms in total. The van der Waals surface area contributed by atoms with E-state index >= 15 is 0 Å². The molecule has 21 heavy (non-hydrogen) atoms.